The standard InChI is InChI=1S/C11H6O3/c12-6-9-3-8-5-10-7(1-2-13-10)4-11(8)14-9/h1-6H. The van der Waals surface area contributed by atoms with Crippen LogP contribution in [0, 0.1) is 0 Å². The second kappa shape index (κ2) is 2.48. The van der Waals surface area contributed by atoms with Gasteiger partial charge in [0.05, 0.1) is 6.26 Å². The molecule has 68 valence electrons. The lowest BCUT2D eigenvalue weighted by Gasteiger charge is -1.87. The number of benzene rings is 1. The third kappa shape index (κ3) is 0.893. The van der Waals surface area contributed by atoms with E-state index in [1.54, 1.807) is 12.3 Å². The van der Waals surface area contributed by atoms with Crippen molar-refractivity contribution in [3.05, 3.63) is 36.3 Å². The third-order valence-corrected chi connectivity index (χ3v) is 2.23. The minimum absolute atomic E-state index is 0.340. The fourth-order valence-electron chi connectivity index (χ4n) is 1.57. The number of hydrogen-bond acceptors (Lipinski definition) is 3. The van der Waals surface area contributed by atoms with Crippen molar-refractivity contribution < 1.29 is 13.6 Å². The summed E-state index contributed by atoms with van der Waals surface area (Å²) >= 11 is 0. The molecule has 14 heavy (non-hydrogen) atoms. The third-order valence-electron chi connectivity index (χ3n) is 2.23. The van der Waals surface area contributed by atoms with Gasteiger partial charge in [-0.3, -0.25) is 4.79 Å². The van der Waals surface area contributed by atoms with Gasteiger partial charge < -0.3 is 8.83 Å². The van der Waals surface area contributed by atoms with Crippen LogP contribution in [-0.2, 0) is 0 Å². The molecule has 0 fully saturated rings. The molecule has 2 heterocycles. The van der Waals surface area contributed by atoms with Crippen LogP contribution >= 0.6 is 0 Å². The van der Waals surface area contributed by atoms with Gasteiger partial charge in [0.1, 0.15) is 11.2 Å². The second-order valence-electron chi connectivity index (χ2n) is 3.12. The predicted molar refractivity (Wildman–Crippen MR) is 51.4 cm³/mol. The maximum Gasteiger partial charge on any atom is 0.185 e. The lowest BCUT2D eigenvalue weighted by molar-refractivity contribution is 0.110. The van der Waals surface area contributed by atoms with Crippen LogP contribution in [0.3, 0.4) is 0 Å². The van der Waals surface area contributed by atoms with Crippen molar-refractivity contribution in [3.63, 3.8) is 0 Å². The average Bonchev–Trinajstić information content (AvgIpc) is 2.77. The molecular formula is C11H6O3. The summed E-state index contributed by atoms with van der Waals surface area (Å²) in [5, 5.41) is 1.86. The maximum atomic E-state index is 10.5. The summed E-state index contributed by atoms with van der Waals surface area (Å²) in [4.78, 5) is 10.5. The number of aldehydes is 1. The van der Waals surface area contributed by atoms with E-state index in [1.165, 1.54) is 0 Å². The van der Waals surface area contributed by atoms with Crippen LogP contribution in [-0.4, -0.2) is 6.29 Å². The molecule has 0 spiro atoms. The van der Waals surface area contributed by atoms with E-state index in [9.17, 15) is 4.79 Å². The van der Waals surface area contributed by atoms with Crippen molar-refractivity contribution in [3.8, 4) is 0 Å². The van der Waals surface area contributed by atoms with Gasteiger partial charge in [-0.25, -0.2) is 0 Å². The highest BCUT2D eigenvalue weighted by atomic mass is 16.3. The quantitative estimate of drug-likeness (QED) is 0.548. The molecular weight excluding hydrogens is 180 g/mol. The summed E-state index contributed by atoms with van der Waals surface area (Å²) in [7, 11) is 0. The van der Waals surface area contributed by atoms with Gasteiger partial charge in [-0.1, -0.05) is 0 Å². The van der Waals surface area contributed by atoms with Gasteiger partial charge in [0, 0.05) is 10.8 Å². The number of rotatable bonds is 1. The predicted octanol–water partition coefficient (Wildman–Crippen LogP) is 2.99. The molecule has 0 unspecified atom stereocenters. The van der Waals surface area contributed by atoms with Gasteiger partial charge in [-0.05, 0) is 24.3 Å². The van der Waals surface area contributed by atoms with E-state index in [-0.39, 0.29) is 0 Å². The van der Waals surface area contributed by atoms with Crippen LogP contribution in [0.1, 0.15) is 10.6 Å². The first-order chi connectivity index (χ1) is 6.86. The Morgan fingerprint density at radius 1 is 1.07 bits per heavy atom. The van der Waals surface area contributed by atoms with Gasteiger partial charge in [-0.2, -0.15) is 0 Å². The minimum Gasteiger partial charge on any atom is -0.464 e. The van der Waals surface area contributed by atoms with E-state index < -0.39 is 0 Å². The van der Waals surface area contributed by atoms with Crippen LogP contribution in [0.25, 0.3) is 21.9 Å². The summed E-state index contributed by atoms with van der Waals surface area (Å²) in [5.41, 5.74) is 1.51. The monoisotopic (exact) mass is 186 g/mol. The van der Waals surface area contributed by atoms with Gasteiger partial charge in [-0.15, -0.1) is 0 Å². The van der Waals surface area contributed by atoms with Gasteiger partial charge >= 0.3 is 0 Å². The fraction of sp³-hybridized carbons (Fsp3) is 0. The Morgan fingerprint density at radius 2 is 1.93 bits per heavy atom. The zero-order valence-electron chi connectivity index (χ0n) is 7.19. The number of carbonyl (C=O) groups is 1. The molecule has 0 bridgehead atoms. The first-order valence-corrected chi connectivity index (χ1v) is 4.23. The Hall–Kier alpha value is -2.03. The summed E-state index contributed by atoms with van der Waals surface area (Å²) in [6.45, 7) is 0. The van der Waals surface area contributed by atoms with Crippen molar-refractivity contribution in [1.82, 2.24) is 0 Å². The molecule has 0 amide bonds. The Bertz CT molecular complexity index is 568. The lowest BCUT2D eigenvalue weighted by atomic mass is 10.2. The topological polar surface area (TPSA) is 43.4 Å². The number of fused-ring (bicyclic) bond motifs is 2. The van der Waals surface area contributed by atoms with E-state index in [0.717, 1.165) is 16.4 Å². The molecule has 1 aromatic carbocycles. The van der Waals surface area contributed by atoms with Crippen molar-refractivity contribution >= 4 is 28.2 Å². The van der Waals surface area contributed by atoms with Crippen molar-refractivity contribution in [2.24, 2.45) is 0 Å². The molecule has 0 saturated carbocycles. The lowest BCUT2D eigenvalue weighted by Crippen LogP contribution is -1.65. The Balaban J connectivity index is 2.46. The Kier molecular flexibility index (Phi) is 1.31. The van der Waals surface area contributed by atoms with Crippen LogP contribution in [0.2, 0.25) is 0 Å². The Labute approximate surface area is 78.9 Å². The summed E-state index contributed by atoms with van der Waals surface area (Å²) < 4.78 is 10.5. The first-order valence-electron chi connectivity index (χ1n) is 4.23. The highest BCUT2D eigenvalue weighted by Crippen LogP contribution is 2.25. The zero-order valence-corrected chi connectivity index (χ0v) is 7.19. The molecule has 3 nitrogen and oxygen atoms in total. The van der Waals surface area contributed by atoms with E-state index in [2.05, 4.69) is 0 Å². The maximum absolute atomic E-state index is 10.5. The summed E-state index contributed by atoms with van der Waals surface area (Å²) in [6.07, 6.45) is 2.33. The molecule has 2 aromatic heterocycles. The van der Waals surface area contributed by atoms with E-state index in [0.29, 0.717) is 17.6 Å². The van der Waals surface area contributed by atoms with Crippen molar-refractivity contribution in [2.45, 2.75) is 0 Å². The van der Waals surface area contributed by atoms with Gasteiger partial charge in [0.2, 0.25) is 0 Å². The van der Waals surface area contributed by atoms with Crippen molar-refractivity contribution in [2.75, 3.05) is 0 Å². The molecule has 3 heteroatoms. The smallest absolute Gasteiger partial charge is 0.185 e. The molecule has 3 rings (SSSR count). The normalized spacial score (nSPS) is 11.1. The molecule has 0 radical (unpaired) electrons. The first kappa shape index (κ1) is 7.38. The molecule has 0 aliphatic rings. The van der Waals surface area contributed by atoms with E-state index in [1.807, 2.05) is 18.2 Å². The van der Waals surface area contributed by atoms with Crippen LogP contribution in [0.5, 0.6) is 0 Å². The molecule has 0 saturated heterocycles. The van der Waals surface area contributed by atoms with Crippen LogP contribution in [0.15, 0.2) is 39.4 Å². The molecule has 3 aromatic rings. The highest BCUT2D eigenvalue weighted by Gasteiger charge is 2.05. The Morgan fingerprint density at radius 3 is 2.79 bits per heavy atom. The summed E-state index contributed by atoms with van der Waals surface area (Å²) in [6, 6.07) is 7.28. The number of furan rings is 2. The molecule has 0 aliphatic carbocycles. The largest absolute Gasteiger partial charge is 0.464 e. The van der Waals surface area contributed by atoms with Crippen LogP contribution in [0.4, 0.5) is 0 Å². The second-order valence-corrected chi connectivity index (χ2v) is 3.12. The highest BCUT2D eigenvalue weighted by molar-refractivity contribution is 5.95. The molecule has 0 N–H and O–H groups in total. The fourth-order valence-corrected chi connectivity index (χ4v) is 1.57. The van der Waals surface area contributed by atoms with E-state index in [4.69, 9.17) is 8.83 Å². The molecule has 0 atom stereocenters. The SMILES string of the molecule is O=Cc1cc2cc3occc3cc2o1. The summed E-state index contributed by atoms with van der Waals surface area (Å²) in [5.74, 6) is 0.340. The van der Waals surface area contributed by atoms with Gasteiger partial charge in [0.15, 0.2) is 12.0 Å². The number of hydrogen-bond donors (Lipinski definition) is 0. The van der Waals surface area contributed by atoms with Gasteiger partial charge in [0.25, 0.3) is 0 Å². The average molecular weight is 186 g/mol. The number of carbonyl (C=O) groups excluding carboxylic acids is 1. The van der Waals surface area contributed by atoms with E-state index >= 15 is 0 Å². The molecule has 0 aliphatic heterocycles. The minimum atomic E-state index is 0.340. The van der Waals surface area contributed by atoms with Crippen LogP contribution < -0.4 is 0 Å². The zero-order chi connectivity index (χ0) is 9.54. The van der Waals surface area contributed by atoms with Crippen molar-refractivity contribution in [1.29, 1.82) is 0 Å².